The minimum atomic E-state index is 0. The Labute approximate surface area is 195 Å². The van der Waals surface area contributed by atoms with Crippen molar-refractivity contribution >= 4 is 34.3 Å². The van der Waals surface area contributed by atoms with Gasteiger partial charge in [-0.15, -0.1) is 17.0 Å². The minimum Gasteiger partial charge on any atom is -0.322 e. The van der Waals surface area contributed by atoms with Crippen molar-refractivity contribution < 1.29 is 4.79 Å². The van der Waals surface area contributed by atoms with Crippen LogP contribution in [0.1, 0.15) is 41.6 Å². The molecule has 1 aliphatic rings. The Bertz CT molecular complexity index is 1010. The van der Waals surface area contributed by atoms with Crippen LogP contribution >= 0.6 is 17.0 Å². The van der Waals surface area contributed by atoms with E-state index in [9.17, 15) is 4.79 Å². The molecule has 0 spiro atoms. The summed E-state index contributed by atoms with van der Waals surface area (Å²) in [5.41, 5.74) is 5.27. The van der Waals surface area contributed by atoms with E-state index in [0.717, 1.165) is 54.0 Å². The van der Waals surface area contributed by atoms with Crippen molar-refractivity contribution in [3.63, 3.8) is 0 Å². The second-order valence-corrected chi connectivity index (χ2v) is 7.90. The summed E-state index contributed by atoms with van der Waals surface area (Å²) < 4.78 is 0. The normalized spacial score (nSPS) is 13.5. The summed E-state index contributed by atoms with van der Waals surface area (Å²) >= 11 is 0. The molecule has 4 heteroatoms. The minimum absolute atomic E-state index is 0. The van der Waals surface area contributed by atoms with Crippen molar-refractivity contribution in [2.24, 2.45) is 4.99 Å². The highest BCUT2D eigenvalue weighted by molar-refractivity contribution is 8.93. The highest BCUT2D eigenvalue weighted by Crippen LogP contribution is 2.22. The fourth-order valence-corrected chi connectivity index (χ4v) is 3.85. The number of nitrogens with zero attached hydrogens (tertiary/aromatic N) is 2. The van der Waals surface area contributed by atoms with Gasteiger partial charge in [0.1, 0.15) is 5.84 Å². The van der Waals surface area contributed by atoms with Crippen LogP contribution in [0.5, 0.6) is 0 Å². The molecule has 3 aromatic carbocycles. The van der Waals surface area contributed by atoms with E-state index in [1.165, 1.54) is 12.0 Å². The van der Waals surface area contributed by atoms with Gasteiger partial charge in [-0.2, -0.15) is 0 Å². The third-order valence-corrected chi connectivity index (χ3v) is 5.63. The molecule has 0 fully saturated rings. The predicted molar refractivity (Wildman–Crippen MR) is 136 cm³/mol. The van der Waals surface area contributed by atoms with Crippen LogP contribution in [0.25, 0.3) is 11.1 Å². The average Bonchev–Trinajstić information content (AvgIpc) is 3.08. The lowest BCUT2D eigenvalue weighted by atomic mass is 10.0. The maximum Gasteiger partial charge on any atom is 0.182 e. The Hall–Kier alpha value is -2.72. The van der Waals surface area contributed by atoms with Crippen LogP contribution in [0.15, 0.2) is 83.9 Å². The molecule has 0 atom stereocenters. The number of anilines is 1. The van der Waals surface area contributed by atoms with Gasteiger partial charge in [0.2, 0.25) is 0 Å². The number of rotatable bonds is 5. The molecule has 0 saturated heterocycles. The number of ketones is 1. The zero-order valence-corrected chi connectivity index (χ0v) is 19.7. The molecule has 0 N–H and O–H groups in total. The quantitative estimate of drug-likeness (QED) is 0.375. The topological polar surface area (TPSA) is 32.7 Å². The van der Waals surface area contributed by atoms with Crippen molar-refractivity contribution in [2.75, 3.05) is 18.0 Å². The zero-order chi connectivity index (χ0) is 20.8. The molecule has 0 bridgehead atoms. The maximum atomic E-state index is 13.2. The molecule has 4 rings (SSSR count). The van der Waals surface area contributed by atoms with E-state index in [1.54, 1.807) is 0 Å². The Morgan fingerprint density at radius 3 is 2.23 bits per heavy atom. The summed E-state index contributed by atoms with van der Waals surface area (Å²) in [5, 5.41) is 0. The van der Waals surface area contributed by atoms with Gasteiger partial charge in [-0.3, -0.25) is 9.79 Å². The number of carbonyl (C=O) groups is 1. The van der Waals surface area contributed by atoms with E-state index in [0.29, 0.717) is 6.54 Å². The summed E-state index contributed by atoms with van der Waals surface area (Å²) in [7, 11) is 0. The first-order valence-electron chi connectivity index (χ1n) is 10.8. The van der Waals surface area contributed by atoms with Gasteiger partial charge < -0.3 is 4.90 Å². The smallest absolute Gasteiger partial charge is 0.182 e. The highest BCUT2D eigenvalue weighted by atomic mass is 79.9. The third kappa shape index (κ3) is 5.92. The van der Waals surface area contributed by atoms with Gasteiger partial charge in [-0.05, 0) is 43.0 Å². The number of hydrogen-bond donors (Lipinski definition) is 0. The van der Waals surface area contributed by atoms with Crippen molar-refractivity contribution in [1.29, 1.82) is 0 Å². The van der Waals surface area contributed by atoms with Gasteiger partial charge in [-0.25, -0.2) is 0 Å². The fraction of sp³-hybridized carbons (Fsp3) is 0.259. The van der Waals surface area contributed by atoms with Gasteiger partial charge >= 0.3 is 0 Å². The van der Waals surface area contributed by atoms with E-state index < -0.39 is 0 Å². The van der Waals surface area contributed by atoms with Gasteiger partial charge in [0.15, 0.2) is 5.78 Å². The van der Waals surface area contributed by atoms with E-state index in [-0.39, 0.29) is 22.8 Å². The zero-order valence-electron chi connectivity index (χ0n) is 18.0. The van der Waals surface area contributed by atoms with E-state index in [2.05, 4.69) is 48.2 Å². The van der Waals surface area contributed by atoms with Crippen LogP contribution in [0.3, 0.4) is 0 Å². The molecule has 3 nitrogen and oxygen atoms in total. The summed E-state index contributed by atoms with van der Waals surface area (Å²) in [5.74, 6) is 1.15. The SMILES string of the molecule is Br.Cc1ccc(N(CC(=O)c2ccc(-c3ccccc3)cc2)C2=NCCCCC2)cc1. The highest BCUT2D eigenvalue weighted by Gasteiger charge is 2.19. The van der Waals surface area contributed by atoms with Gasteiger partial charge in [0, 0.05) is 24.2 Å². The van der Waals surface area contributed by atoms with Crippen LogP contribution < -0.4 is 4.90 Å². The third-order valence-electron chi connectivity index (χ3n) is 5.63. The standard InChI is InChI=1S/C27H28N2O.BrH/c1-21-11-17-25(18-12-21)29(27-10-6-3-7-19-28-27)20-26(30)24-15-13-23(14-16-24)22-8-4-2-5-9-22;/h2,4-5,8-9,11-18H,3,6-7,10,19-20H2,1H3;1H. The number of aryl methyl sites for hydroxylation is 1. The molecular weight excluding hydrogens is 448 g/mol. The van der Waals surface area contributed by atoms with Crippen LogP contribution in [0.2, 0.25) is 0 Å². The van der Waals surface area contributed by atoms with Crippen molar-refractivity contribution in [2.45, 2.75) is 32.6 Å². The first kappa shape index (κ1) is 23.0. The lowest BCUT2D eigenvalue weighted by molar-refractivity contribution is 0.100. The van der Waals surface area contributed by atoms with Crippen molar-refractivity contribution in [3.05, 3.63) is 90.0 Å². The lowest BCUT2D eigenvalue weighted by Crippen LogP contribution is -2.36. The Kier molecular flexibility index (Phi) is 8.19. The fourth-order valence-electron chi connectivity index (χ4n) is 3.85. The molecule has 0 aromatic heterocycles. The molecule has 160 valence electrons. The first-order chi connectivity index (χ1) is 14.7. The van der Waals surface area contributed by atoms with Gasteiger partial charge in [-0.1, -0.05) is 78.7 Å². The summed E-state index contributed by atoms with van der Waals surface area (Å²) in [4.78, 5) is 20.1. The van der Waals surface area contributed by atoms with Crippen LogP contribution in [0, 0.1) is 6.92 Å². The molecule has 0 amide bonds. The molecule has 1 aliphatic heterocycles. The molecule has 0 aliphatic carbocycles. The number of aliphatic imine (C=N–C) groups is 1. The molecular formula is C27H29BrN2O. The average molecular weight is 477 g/mol. The van der Waals surface area contributed by atoms with Crippen molar-refractivity contribution in [1.82, 2.24) is 0 Å². The van der Waals surface area contributed by atoms with E-state index in [1.807, 2.05) is 42.5 Å². The summed E-state index contributed by atoms with van der Waals surface area (Å²) in [6.45, 7) is 3.24. The molecule has 0 saturated carbocycles. The van der Waals surface area contributed by atoms with Crippen molar-refractivity contribution in [3.8, 4) is 11.1 Å². The lowest BCUT2D eigenvalue weighted by Gasteiger charge is -2.26. The molecule has 31 heavy (non-hydrogen) atoms. The van der Waals surface area contributed by atoms with Gasteiger partial charge in [0.05, 0.1) is 6.54 Å². The van der Waals surface area contributed by atoms with E-state index >= 15 is 0 Å². The Balaban J connectivity index is 0.00000272. The monoisotopic (exact) mass is 476 g/mol. The predicted octanol–water partition coefficient (Wildman–Crippen LogP) is 6.90. The maximum absolute atomic E-state index is 13.2. The number of hydrogen-bond acceptors (Lipinski definition) is 3. The number of amidine groups is 1. The number of Topliss-reactive ketones (excluding diaryl/α,β-unsaturated/α-hetero) is 1. The second-order valence-electron chi connectivity index (χ2n) is 7.90. The van der Waals surface area contributed by atoms with Crippen LogP contribution in [0.4, 0.5) is 5.69 Å². The summed E-state index contributed by atoms with van der Waals surface area (Å²) in [6.07, 6.45) is 4.37. The molecule has 0 radical (unpaired) electrons. The summed E-state index contributed by atoms with van der Waals surface area (Å²) in [6, 6.07) is 26.5. The van der Waals surface area contributed by atoms with Crippen LogP contribution in [-0.2, 0) is 0 Å². The Morgan fingerprint density at radius 2 is 1.52 bits per heavy atom. The molecule has 3 aromatic rings. The van der Waals surface area contributed by atoms with Crippen LogP contribution in [-0.4, -0.2) is 24.7 Å². The molecule has 0 unspecified atom stereocenters. The van der Waals surface area contributed by atoms with Gasteiger partial charge in [0.25, 0.3) is 0 Å². The first-order valence-corrected chi connectivity index (χ1v) is 10.8. The van der Waals surface area contributed by atoms with E-state index in [4.69, 9.17) is 4.99 Å². The number of carbonyl (C=O) groups excluding carboxylic acids is 1. The second kappa shape index (κ2) is 11.1. The number of halogens is 1. The Morgan fingerprint density at radius 1 is 0.839 bits per heavy atom. The largest absolute Gasteiger partial charge is 0.322 e. The molecule has 1 heterocycles. The number of benzene rings is 3.